The lowest BCUT2D eigenvalue weighted by atomic mass is 9.57. The van der Waals surface area contributed by atoms with Gasteiger partial charge in [0.1, 0.15) is 6.61 Å². The van der Waals surface area contributed by atoms with Crippen molar-refractivity contribution >= 4 is 5.97 Å². The largest absolute Gasteiger partial charge is 0.461 e. The van der Waals surface area contributed by atoms with Gasteiger partial charge in [-0.3, -0.25) is 4.79 Å². The molecule has 22 heavy (non-hydrogen) atoms. The van der Waals surface area contributed by atoms with Gasteiger partial charge in [-0.1, -0.05) is 39.0 Å². The lowest BCUT2D eigenvalue weighted by molar-refractivity contribution is -0.143. The predicted molar refractivity (Wildman–Crippen MR) is 91.5 cm³/mol. The Morgan fingerprint density at radius 3 is 2.86 bits per heavy atom. The van der Waals surface area contributed by atoms with Crippen LogP contribution < -0.4 is 0 Å². The highest BCUT2D eigenvalue weighted by molar-refractivity contribution is 5.69. The number of carbonyl (C=O) groups is 1. The second kappa shape index (κ2) is 7.02. The van der Waals surface area contributed by atoms with Crippen molar-refractivity contribution in [3.8, 4) is 0 Å². The van der Waals surface area contributed by atoms with E-state index in [1.54, 1.807) is 5.57 Å². The molecule has 0 aromatic rings. The maximum atomic E-state index is 11.7. The smallest absolute Gasteiger partial charge is 0.306 e. The molecule has 124 valence electrons. The molecule has 0 heterocycles. The summed E-state index contributed by atoms with van der Waals surface area (Å²) in [6.07, 6.45) is 9.11. The molecule has 0 amide bonds. The van der Waals surface area contributed by atoms with Crippen molar-refractivity contribution < 1.29 is 9.53 Å². The van der Waals surface area contributed by atoms with Crippen molar-refractivity contribution in [2.45, 2.75) is 66.2 Å². The van der Waals surface area contributed by atoms with Gasteiger partial charge in [0.2, 0.25) is 0 Å². The van der Waals surface area contributed by atoms with Gasteiger partial charge in [-0.05, 0) is 67.8 Å². The predicted octanol–water partition coefficient (Wildman–Crippen LogP) is 5.29. The number of esters is 1. The molecule has 2 aliphatic rings. The maximum absolute atomic E-state index is 11.7. The van der Waals surface area contributed by atoms with Crippen LogP contribution in [0.3, 0.4) is 0 Å². The third kappa shape index (κ3) is 4.02. The monoisotopic (exact) mass is 304 g/mol. The Kier molecular flexibility index (Phi) is 5.52. The quantitative estimate of drug-likeness (QED) is 0.509. The first-order valence-corrected chi connectivity index (χ1v) is 8.82. The SMILES string of the molecule is C=C(COC(=O)CC(C)C)C1CCC2(C)CCC=C(C)C2C1. The van der Waals surface area contributed by atoms with Crippen LogP contribution in [-0.2, 0) is 9.53 Å². The average molecular weight is 304 g/mol. The van der Waals surface area contributed by atoms with Crippen LogP contribution in [0.15, 0.2) is 23.8 Å². The molecule has 0 N–H and O–H groups in total. The van der Waals surface area contributed by atoms with E-state index in [-0.39, 0.29) is 5.97 Å². The number of hydrogen-bond acceptors (Lipinski definition) is 2. The molecule has 0 bridgehead atoms. The van der Waals surface area contributed by atoms with E-state index in [4.69, 9.17) is 4.74 Å². The van der Waals surface area contributed by atoms with Crippen LogP contribution in [0.5, 0.6) is 0 Å². The number of allylic oxidation sites excluding steroid dienone is 2. The number of fused-ring (bicyclic) bond motifs is 1. The number of ether oxygens (including phenoxy) is 1. The van der Waals surface area contributed by atoms with E-state index in [0.717, 1.165) is 5.57 Å². The van der Waals surface area contributed by atoms with E-state index in [9.17, 15) is 4.79 Å². The van der Waals surface area contributed by atoms with E-state index in [1.165, 1.54) is 32.1 Å². The fourth-order valence-corrected chi connectivity index (χ4v) is 4.23. The summed E-state index contributed by atoms with van der Waals surface area (Å²) in [5.41, 5.74) is 3.14. The zero-order chi connectivity index (χ0) is 16.3. The Morgan fingerprint density at radius 2 is 2.18 bits per heavy atom. The van der Waals surface area contributed by atoms with Gasteiger partial charge < -0.3 is 4.74 Å². The minimum absolute atomic E-state index is 0.0921. The molecule has 0 radical (unpaired) electrons. The van der Waals surface area contributed by atoms with Crippen LogP contribution in [0.2, 0.25) is 0 Å². The molecule has 2 rings (SSSR count). The summed E-state index contributed by atoms with van der Waals surface area (Å²) < 4.78 is 5.40. The zero-order valence-corrected chi connectivity index (χ0v) is 14.8. The van der Waals surface area contributed by atoms with E-state index >= 15 is 0 Å². The van der Waals surface area contributed by atoms with Crippen LogP contribution in [0.1, 0.15) is 66.2 Å². The molecule has 0 spiro atoms. The summed E-state index contributed by atoms with van der Waals surface area (Å²) in [6.45, 7) is 13.4. The van der Waals surface area contributed by atoms with Crippen LogP contribution in [0.25, 0.3) is 0 Å². The second-order valence-corrected chi connectivity index (χ2v) is 8.08. The van der Waals surface area contributed by atoms with Crippen LogP contribution in [-0.4, -0.2) is 12.6 Å². The van der Waals surface area contributed by atoms with Crippen molar-refractivity contribution in [1.29, 1.82) is 0 Å². The minimum atomic E-state index is -0.0921. The molecule has 1 fully saturated rings. The van der Waals surface area contributed by atoms with E-state index in [1.807, 2.05) is 13.8 Å². The van der Waals surface area contributed by atoms with Gasteiger partial charge in [-0.25, -0.2) is 0 Å². The Bertz CT molecular complexity index is 460. The molecule has 0 aromatic carbocycles. The summed E-state index contributed by atoms with van der Waals surface area (Å²) in [5, 5.41) is 0. The molecule has 0 aliphatic heterocycles. The van der Waals surface area contributed by atoms with E-state index in [2.05, 4.69) is 26.5 Å². The molecule has 0 saturated heterocycles. The molecule has 0 aromatic heterocycles. The normalized spacial score (nSPS) is 31.4. The summed E-state index contributed by atoms with van der Waals surface area (Å²) in [7, 11) is 0. The lowest BCUT2D eigenvalue weighted by Gasteiger charge is -2.48. The number of hydrogen-bond donors (Lipinski definition) is 0. The lowest BCUT2D eigenvalue weighted by Crippen LogP contribution is -2.37. The highest BCUT2D eigenvalue weighted by atomic mass is 16.5. The molecule has 3 atom stereocenters. The first-order chi connectivity index (χ1) is 10.3. The van der Waals surface area contributed by atoms with Crippen molar-refractivity contribution in [1.82, 2.24) is 0 Å². The standard InChI is InChI=1S/C20H32O2/c1-14(2)11-19(21)22-13-16(4)17-8-10-20(5)9-6-7-15(3)18(20)12-17/h7,14,17-18H,4,6,8-13H2,1-3,5H3. The summed E-state index contributed by atoms with van der Waals surface area (Å²) >= 11 is 0. The van der Waals surface area contributed by atoms with Gasteiger partial charge in [0.15, 0.2) is 0 Å². The van der Waals surface area contributed by atoms with Gasteiger partial charge in [-0.15, -0.1) is 0 Å². The molecular weight excluding hydrogens is 272 g/mol. The first kappa shape index (κ1) is 17.3. The summed E-state index contributed by atoms with van der Waals surface area (Å²) in [6, 6.07) is 0. The Morgan fingerprint density at radius 1 is 1.45 bits per heavy atom. The Labute approximate surface area is 136 Å². The van der Waals surface area contributed by atoms with Crippen molar-refractivity contribution in [3.63, 3.8) is 0 Å². The third-order valence-corrected chi connectivity index (χ3v) is 5.73. The first-order valence-electron chi connectivity index (χ1n) is 8.82. The van der Waals surface area contributed by atoms with Crippen LogP contribution in [0, 0.1) is 23.2 Å². The fraction of sp³-hybridized carbons (Fsp3) is 0.750. The minimum Gasteiger partial charge on any atom is -0.461 e. The van der Waals surface area contributed by atoms with Gasteiger partial charge in [0.05, 0.1) is 0 Å². The Hall–Kier alpha value is -1.05. The fourth-order valence-electron chi connectivity index (χ4n) is 4.23. The summed E-state index contributed by atoms with van der Waals surface area (Å²) in [4.78, 5) is 11.7. The van der Waals surface area contributed by atoms with Gasteiger partial charge in [0.25, 0.3) is 0 Å². The summed E-state index contributed by atoms with van der Waals surface area (Å²) in [5.74, 6) is 1.45. The maximum Gasteiger partial charge on any atom is 0.306 e. The zero-order valence-electron chi connectivity index (χ0n) is 14.8. The highest BCUT2D eigenvalue weighted by Crippen LogP contribution is 2.52. The van der Waals surface area contributed by atoms with Crippen LogP contribution in [0.4, 0.5) is 0 Å². The topological polar surface area (TPSA) is 26.3 Å². The third-order valence-electron chi connectivity index (χ3n) is 5.73. The molecule has 3 unspecified atom stereocenters. The molecule has 1 saturated carbocycles. The highest BCUT2D eigenvalue weighted by Gasteiger charge is 2.42. The van der Waals surface area contributed by atoms with Gasteiger partial charge in [0, 0.05) is 6.42 Å². The molecule has 2 aliphatic carbocycles. The van der Waals surface area contributed by atoms with Crippen LogP contribution >= 0.6 is 0 Å². The van der Waals surface area contributed by atoms with Gasteiger partial charge >= 0.3 is 5.97 Å². The number of rotatable bonds is 5. The number of carbonyl (C=O) groups excluding carboxylic acids is 1. The Balaban J connectivity index is 1.88. The van der Waals surface area contributed by atoms with Crippen molar-refractivity contribution in [2.75, 3.05) is 6.61 Å². The van der Waals surface area contributed by atoms with Crippen molar-refractivity contribution in [2.24, 2.45) is 23.2 Å². The average Bonchev–Trinajstić information content (AvgIpc) is 2.43. The molecule has 2 heteroatoms. The van der Waals surface area contributed by atoms with Crippen molar-refractivity contribution in [3.05, 3.63) is 23.8 Å². The van der Waals surface area contributed by atoms with Gasteiger partial charge in [-0.2, -0.15) is 0 Å². The molecular formula is C20H32O2. The second-order valence-electron chi connectivity index (χ2n) is 8.08. The molecule has 2 nitrogen and oxygen atoms in total. The van der Waals surface area contributed by atoms with E-state index in [0.29, 0.717) is 36.2 Å². The van der Waals surface area contributed by atoms with E-state index < -0.39 is 0 Å².